The summed E-state index contributed by atoms with van der Waals surface area (Å²) >= 11 is 1.67. The molecule has 2 nitrogen and oxygen atoms in total. The van der Waals surface area contributed by atoms with E-state index < -0.39 is 5.82 Å². The van der Waals surface area contributed by atoms with Crippen molar-refractivity contribution in [3.63, 3.8) is 0 Å². The molecular formula is C14H10FNOS. The smallest absolute Gasteiger partial charge is 0.172 e. The number of thioether (sulfide) groups is 1. The number of fused-ring (bicyclic) bond motifs is 1. The van der Waals surface area contributed by atoms with Crippen LogP contribution in [0.1, 0.15) is 21.8 Å². The summed E-state index contributed by atoms with van der Waals surface area (Å²) < 4.78 is 13.1. The molecule has 0 fully saturated rings. The van der Waals surface area contributed by atoms with Crippen LogP contribution in [0.5, 0.6) is 0 Å². The van der Waals surface area contributed by atoms with E-state index in [0.29, 0.717) is 11.3 Å². The summed E-state index contributed by atoms with van der Waals surface area (Å²) in [6, 6.07) is 9.11. The van der Waals surface area contributed by atoms with E-state index >= 15 is 0 Å². The van der Waals surface area contributed by atoms with Crippen LogP contribution in [-0.4, -0.2) is 16.5 Å². The maximum Gasteiger partial charge on any atom is 0.172 e. The lowest BCUT2D eigenvalue weighted by Gasteiger charge is -2.09. The van der Waals surface area contributed by atoms with E-state index in [1.165, 1.54) is 12.3 Å². The van der Waals surface area contributed by atoms with Crippen LogP contribution < -0.4 is 0 Å². The lowest BCUT2D eigenvalue weighted by molar-refractivity contribution is 0.0967. The highest BCUT2D eigenvalue weighted by molar-refractivity contribution is 7.99. The first-order chi connectivity index (χ1) is 8.75. The Labute approximate surface area is 108 Å². The Kier molecular flexibility index (Phi) is 2.88. The highest BCUT2D eigenvalue weighted by Gasteiger charge is 2.29. The van der Waals surface area contributed by atoms with Gasteiger partial charge in [0.15, 0.2) is 5.78 Å². The summed E-state index contributed by atoms with van der Waals surface area (Å²) in [4.78, 5) is 17.2. The molecule has 4 heteroatoms. The number of carbonyl (C=O) groups excluding carboxylic acids is 1. The van der Waals surface area contributed by atoms with Crippen molar-refractivity contribution >= 4 is 17.5 Å². The number of benzene rings is 1. The first-order valence-electron chi connectivity index (χ1n) is 5.62. The van der Waals surface area contributed by atoms with Crippen molar-refractivity contribution in [2.45, 2.75) is 10.8 Å². The van der Waals surface area contributed by atoms with Crippen molar-refractivity contribution in [2.75, 3.05) is 5.75 Å². The minimum Gasteiger partial charge on any atom is -0.293 e. The van der Waals surface area contributed by atoms with Crippen LogP contribution >= 0.6 is 11.8 Å². The van der Waals surface area contributed by atoms with Gasteiger partial charge in [-0.1, -0.05) is 18.2 Å². The molecule has 0 spiro atoms. The molecule has 0 amide bonds. The Morgan fingerprint density at radius 1 is 1.33 bits per heavy atom. The molecule has 0 saturated carbocycles. The van der Waals surface area contributed by atoms with Gasteiger partial charge >= 0.3 is 0 Å². The van der Waals surface area contributed by atoms with Crippen LogP contribution in [0.25, 0.3) is 0 Å². The average Bonchev–Trinajstić information content (AvgIpc) is 2.82. The molecule has 0 aliphatic carbocycles. The second-order valence-electron chi connectivity index (χ2n) is 4.16. The lowest BCUT2D eigenvalue weighted by Crippen LogP contribution is -2.13. The summed E-state index contributed by atoms with van der Waals surface area (Å²) in [5.41, 5.74) is 1.38. The van der Waals surface area contributed by atoms with Crippen molar-refractivity contribution in [1.29, 1.82) is 0 Å². The molecule has 0 bridgehead atoms. The maximum atomic E-state index is 13.1. The molecule has 2 heterocycles. The van der Waals surface area contributed by atoms with Crippen LogP contribution in [0.3, 0.4) is 0 Å². The van der Waals surface area contributed by atoms with Gasteiger partial charge in [0.25, 0.3) is 0 Å². The van der Waals surface area contributed by atoms with Crippen LogP contribution in [0.4, 0.5) is 4.39 Å². The molecule has 1 aliphatic heterocycles. The normalized spacial score (nSPS) is 17.5. The Morgan fingerprint density at radius 3 is 3.00 bits per heavy atom. The second-order valence-corrected chi connectivity index (χ2v) is 5.22. The summed E-state index contributed by atoms with van der Waals surface area (Å²) in [5, 5.41) is 0. The van der Waals surface area contributed by atoms with Crippen molar-refractivity contribution < 1.29 is 9.18 Å². The van der Waals surface area contributed by atoms with E-state index in [4.69, 9.17) is 0 Å². The predicted octanol–water partition coefficient (Wildman–Crippen LogP) is 3.29. The van der Waals surface area contributed by atoms with Crippen LogP contribution in [0.2, 0.25) is 0 Å². The third-order valence-electron chi connectivity index (χ3n) is 3.01. The van der Waals surface area contributed by atoms with Gasteiger partial charge in [-0.25, -0.2) is 4.39 Å². The summed E-state index contributed by atoms with van der Waals surface area (Å²) in [6.45, 7) is 0. The van der Waals surface area contributed by atoms with E-state index in [-0.39, 0.29) is 11.7 Å². The minimum atomic E-state index is -0.472. The lowest BCUT2D eigenvalue weighted by atomic mass is 9.93. The topological polar surface area (TPSA) is 30.0 Å². The number of hydrogen-bond donors (Lipinski definition) is 0. The molecule has 2 aromatic rings. The summed E-state index contributed by atoms with van der Waals surface area (Å²) in [7, 11) is 0. The molecule has 3 rings (SSSR count). The molecule has 1 aliphatic rings. The molecule has 0 N–H and O–H groups in total. The number of aromatic nitrogens is 1. The number of carbonyl (C=O) groups is 1. The van der Waals surface area contributed by atoms with Gasteiger partial charge in [0, 0.05) is 22.4 Å². The molecule has 0 saturated heterocycles. The van der Waals surface area contributed by atoms with E-state index in [0.717, 1.165) is 16.7 Å². The number of halogens is 1. The molecule has 1 aromatic heterocycles. The Hall–Kier alpha value is -1.68. The number of Topliss-reactive ketones (excluding diaryl/α,β-unsaturated/α-hetero) is 1. The molecule has 1 atom stereocenters. The molecule has 1 unspecified atom stereocenters. The van der Waals surface area contributed by atoms with Crippen LogP contribution in [-0.2, 0) is 0 Å². The van der Waals surface area contributed by atoms with Crippen molar-refractivity contribution in [3.8, 4) is 0 Å². The standard InChI is InChI=1S/C14H10FNOS/c15-10-5-9(6-16-7-10)14(17)12-8-18-13-4-2-1-3-11(12)13/h1-7,12H,8H2. The monoisotopic (exact) mass is 259 g/mol. The van der Waals surface area contributed by atoms with Gasteiger partial charge in [-0.15, -0.1) is 11.8 Å². The van der Waals surface area contributed by atoms with E-state index in [1.807, 2.05) is 24.3 Å². The van der Waals surface area contributed by atoms with Gasteiger partial charge in [0.2, 0.25) is 0 Å². The number of rotatable bonds is 2. The zero-order chi connectivity index (χ0) is 12.5. The van der Waals surface area contributed by atoms with Crippen molar-refractivity contribution in [2.24, 2.45) is 0 Å². The molecular weight excluding hydrogens is 249 g/mol. The van der Waals surface area contributed by atoms with Gasteiger partial charge in [0.05, 0.1) is 12.1 Å². The summed E-state index contributed by atoms with van der Waals surface area (Å²) in [6.07, 6.45) is 2.53. The fraction of sp³-hybridized carbons (Fsp3) is 0.143. The van der Waals surface area contributed by atoms with Crippen LogP contribution in [0, 0.1) is 5.82 Å². The molecule has 0 radical (unpaired) electrons. The Bertz CT molecular complexity index is 614. The summed E-state index contributed by atoms with van der Waals surface area (Å²) in [5.74, 6) is 0.00310. The third-order valence-corrected chi connectivity index (χ3v) is 4.19. The van der Waals surface area contributed by atoms with Gasteiger partial charge in [0.1, 0.15) is 5.82 Å². The first kappa shape index (κ1) is 11.4. The first-order valence-corrected chi connectivity index (χ1v) is 6.61. The fourth-order valence-corrected chi connectivity index (χ4v) is 3.36. The number of nitrogens with zero attached hydrogens (tertiary/aromatic N) is 1. The highest BCUT2D eigenvalue weighted by atomic mass is 32.2. The fourth-order valence-electron chi connectivity index (χ4n) is 2.13. The molecule has 1 aromatic carbocycles. The van der Waals surface area contributed by atoms with Gasteiger partial charge in [-0.3, -0.25) is 9.78 Å². The van der Waals surface area contributed by atoms with Gasteiger partial charge in [-0.2, -0.15) is 0 Å². The van der Waals surface area contributed by atoms with E-state index in [9.17, 15) is 9.18 Å². The predicted molar refractivity (Wildman–Crippen MR) is 68.4 cm³/mol. The highest BCUT2D eigenvalue weighted by Crippen LogP contribution is 2.40. The maximum absolute atomic E-state index is 13.1. The van der Waals surface area contributed by atoms with Crippen LogP contribution in [0.15, 0.2) is 47.6 Å². The van der Waals surface area contributed by atoms with E-state index in [1.54, 1.807) is 11.8 Å². The quantitative estimate of drug-likeness (QED) is 0.775. The zero-order valence-electron chi connectivity index (χ0n) is 9.47. The van der Waals surface area contributed by atoms with E-state index in [2.05, 4.69) is 4.98 Å². The second kappa shape index (κ2) is 4.53. The Balaban J connectivity index is 1.96. The number of hydrogen-bond acceptors (Lipinski definition) is 3. The third kappa shape index (κ3) is 1.93. The van der Waals surface area contributed by atoms with Crippen molar-refractivity contribution in [3.05, 3.63) is 59.7 Å². The largest absolute Gasteiger partial charge is 0.293 e. The Morgan fingerprint density at radius 2 is 2.17 bits per heavy atom. The number of pyridine rings is 1. The van der Waals surface area contributed by atoms with Gasteiger partial charge < -0.3 is 0 Å². The minimum absolute atomic E-state index is 0.0561. The zero-order valence-corrected chi connectivity index (χ0v) is 10.3. The molecule has 18 heavy (non-hydrogen) atoms. The van der Waals surface area contributed by atoms with Gasteiger partial charge in [-0.05, 0) is 17.7 Å². The SMILES string of the molecule is O=C(c1cncc(F)c1)C1CSc2ccccc21. The van der Waals surface area contributed by atoms with Crippen molar-refractivity contribution in [1.82, 2.24) is 4.98 Å². The average molecular weight is 259 g/mol. The number of ketones is 1. The molecule has 90 valence electrons.